The Morgan fingerprint density at radius 2 is 1.96 bits per heavy atom. The summed E-state index contributed by atoms with van der Waals surface area (Å²) in [6.07, 6.45) is 2.86. The Morgan fingerprint density at radius 1 is 1.14 bits per heavy atom. The van der Waals surface area contributed by atoms with Crippen molar-refractivity contribution in [3.05, 3.63) is 82.3 Å². The van der Waals surface area contributed by atoms with Crippen LogP contribution in [0.2, 0.25) is 0 Å². The summed E-state index contributed by atoms with van der Waals surface area (Å²) in [6.45, 7) is 3.99. The highest BCUT2D eigenvalue weighted by atomic mass is 32.1. The third-order valence-electron chi connectivity index (χ3n) is 5.05. The van der Waals surface area contributed by atoms with Gasteiger partial charge in [-0.3, -0.25) is 4.98 Å². The highest BCUT2D eigenvalue weighted by Crippen LogP contribution is 2.41. The Morgan fingerprint density at radius 3 is 2.68 bits per heavy atom. The van der Waals surface area contributed by atoms with E-state index in [0.717, 1.165) is 36.0 Å². The summed E-state index contributed by atoms with van der Waals surface area (Å²) in [5.41, 5.74) is 3.50. The smallest absolute Gasteiger partial charge is 0.170 e. The number of hydrogen-bond acceptors (Lipinski definition) is 4. The largest absolute Gasteiger partial charge is 0.385 e. The molecule has 3 aromatic rings. The SMILES string of the molecule is Cc1ccsc1[C@H]1[C@H](c2ccccn2)NC(=S)N1CCCNc1ccccc1. The summed E-state index contributed by atoms with van der Waals surface area (Å²) >= 11 is 7.53. The maximum atomic E-state index is 5.73. The van der Waals surface area contributed by atoms with Gasteiger partial charge in [-0.1, -0.05) is 24.3 Å². The van der Waals surface area contributed by atoms with E-state index in [1.54, 1.807) is 11.3 Å². The van der Waals surface area contributed by atoms with Gasteiger partial charge in [-0.15, -0.1) is 11.3 Å². The van der Waals surface area contributed by atoms with E-state index >= 15 is 0 Å². The lowest BCUT2D eigenvalue weighted by molar-refractivity contribution is 0.320. The number of para-hydroxylation sites is 1. The lowest BCUT2D eigenvalue weighted by atomic mass is 10.0. The van der Waals surface area contributed by atoms with Crippen LogP contribution in [0.25, 0.3) is 0 Å². The lowest BCUT2D eigenvalue weighted by Gasteiger charge is -2.27. The van der Waals surface area contributed by atoms with Crippen LogP contribution in [0.5, 0.6) is 0 Å². The van der Waals surface area contributed by atoms with Gasteiger partial charge in [0.05, 0.1) is 17.8 Å². The van der Waals surface area contributed by atoms with Gasteiger partial charge in [-0.25, -0.2) is 0 Å². The summed E-state index contributed by atoms with van der Waals surface area (Å²) in [6, 6.07) is 18.8. The molecule has 4 rings (SSSR count). The van der Waals surface area contributed by atoms with Crippen LogP contribution in [0.15, 0.2) is 66.2 Å². The zero-order chi connectivity index (χ0) is 19.3. The van der Waals surface area contributed by atoms with Gasteiger partial charge < -0.3 is 15.5 Å². The molecule has 0 aliphatic carbocycles. The molecule has 1 aromatic carbocycles. The quantitative estimate of drug-likeness (QED) is 0.429. The number of nitrogens with zero attached hydrogens (tertiary/aromatic N) is 2. The molecule has 0 unspecified atom stereocenters. The monoisotopic (exact) mass is 408 g/mol. The van der Waals surface area contributed by atoms with Gasteiger partial charge in [0, 0.05) is 29.9 Å². The van der Waals surface area contributed by atoms with Crippen molar-refractivity contribution >= 4 is 34.4 Å². The molecule has 0 saturated carbocycles. The molecule has 144 valence electrons. The maximum Gasteiger partial charge on any atom is 0.170 e. The molecular formula is C22H24N4S2. The van der Waals surface area contributed by atoms with E-state index in [0.29, 0.717) is 0 Å². The van der Waals surface area contributed by atoms with Crippen LogP contribution < -0.4 is 10.6 Å². The summed E-state index contributed by atoms with van der Waals surface area (Å²) < 4.78 is 0. The number of nitrogens with one attached hydrogen (secondary N) is 2. The standard InChI is InChI=1S/C22H24N4S2/c1-16-11-15-28-21(16)20-19(18-10-5-6-12-24-18)25-22(27)26(20)14-7-13-23-17-8-3-2-4-9-17/h2-6,8-12,15,19-20,23H,7,13-14H2,1H3,(H,25,27)/t19-,20+/m0/s1. The molecule has 2 atom stereocenters. The predicted molar refractivity (Wildman–Crippen MR) is 121 cm³/mol. The minimum absolute atomic E-state index is 0.0770. The van der Waals surface area contributed by atoms with E-state index in [4.69, 9.17) is 12.2 Å². The van der Waals surface area contributed by atoms with Gasteiger partial charge in [-0.05, 0) is 66.8 Å². The van der Waals surface area contributed by atoms with Gasteiger partial charge >= 0.3 is 0 Å². The first-order valence-corrected chi connectivity index (χ1v) is 10.8. The molecule has 1 aliphatic rings. The molecule has 1 saturated heterocycles. The van der Waals surface area contributed by atoms with Gasteiger partial charge in [-0.2, -0.15) is 0 Å². The third-order valence-corrected chi connectivity index (χ3v) is 6.49. The Labute approximate surface area is 175 Å². The summed E-state index contributed by atoms with van der Waals surface area (Å²) in [4.78, 5) is 8.29. The molecule has 2 N–H and O–H groups in total. The molecule has 0 bridgehead atoms. The summed E-state index contributed by atoms with van der Waals surface area (Å²) in [7, 11) is 0. The van der Waals surface area contributed by atoms with E-state index in [2.05, 4.69) is 69.2 Å². The molecule has 4 nitrogen and oxygen atoms in total. The second-order valence-corrected chi connectivity index (χ2v) is 8.27. The molecular weight excluding hydrogens is 384 g/mol. The zero-order valence-electron chi connectivity index (χ0n) is 15.8. The van der Waals surface area contributed by atoms with Crippen LogP contribution in [0.1, 0.15) is 34.6 Å². The zero-order valence-corrected chi connectivity index (χ0v) is 17.5. The van der Waals surface area contributed by atoms with Crippen molar-refractivity contribution in [3.8, 4) is 0 Å². The van der Waals surface area contributed by atoms with Crippen molar-refractivity contribution in [3.63, 3.8) is 0 Å². The molecule has 3 heterocycles. The predicted octanol–water partition coefficient (Wildman–Crippen LogP) is 4.93. The Kier molecular flexibility index (Phi) is 5.88. The van der Waals surface area contributed by atoms with Crippen LogP contribution in [0.4, 0.5) is 5.69 Å². The first-order chi connectivity index (χ1) is 13.7. The molecule has 1 aliphatic heterocycles. The number of pyridine rings is 1. The number of rotatable bonds is 7. The fraction of sp³-hybridized carbons (Fsp3) is 0.273. The van der Waals surface area contributed by atoms with Crippen LogP contribution in [-0.2, 0) is 0 Å². The van der Waals surface area contributed by atoms with Gasteiger partial charge in [0.1, 0.15) is 0 Å². The van der Waals surface area contributed by atoms with Crippen LogP contribution in [-0.4, -0.2) is 28.1 Å². The maximum absolute atomic E-state index is 5.73. The van der Waals surface area contributed by atoms with Crippen LogP contribution >= 0.6 is 23.6 Å². The van der Waals surface area contributed by atoms with Gasteiger partial charge in [0.25, 0.3) is 0 Å². The molecule has 6 heteroatoms. The second-order valence-electron chi connectivity index (χ2n) is 6.93. The Bertz CT molecular complexity index is 911. The molecule has 28 heavy (non-hydrogen) atoms. The van der Waals surface area contributed by atoms with Crippen molar-refractivity contribution in [1.29, 1.82) is 0 Å². The van der Waals surface area contributed by atoms with Crippen LogP contribution in [0, 0.1) is 6.92 Å². The van der Waals surface area contributed by atoms with Gasteiger partial charge in [0.2, 0.25) is 0 Å². The number of benzene rings is 1. The Hall–Kier alpha value is -2.44. The number of thiophene rings is 1. The van der Waals surface area contributed by atoms with Crippen molar-refractivity contribution < 1.29 is 0 Å². The fourth-order valence-corrected chi connectivity index (χ4v) is 5.06. The van der Waals surface area contributed by atoms with Crippen molar-refractivity contribution in [2.75, 3.05) is 18.4 Å². The summed E-state index contributed by atoms with van der Waals surface area (Å²) in [5, 5.41) is 9.99. The molecule has 2 aromatic heterocycles. The topological polar surface area (TPSA) is 40.2 Å². The van der Waals surface area contributed by atoms with Crippen molar-refractivity contribution in [2.24, 2.45) is 0 Å². The molecule has 0 spiro atoms. The lowest BCUT2D eigenvalue weighted by Crippen LogP contribution is -2.31. The molecule has 1 fully saturated rings. The van der Waals surface area contributed by atoms with E-state index in [1.165, 1.54) is 10.4 Å². The van der Waals surface area contributed by atoms with Crippen LogP contribution in [0.3, 0.4) is 0 Å². The van der Waals surface area contributed by atoms with E-state index < -0.39 is 0 Å². The second kappa shape index (κ2) is 8.71. The highest BCUT2D eigenvalue weighted by Gasteiger charge is 2.40. The van der Waals surface area contributed by atoms with Crippen molar-refractivity contribution in [2.45, 2.75) is 25.4 Å². The van der Waals surface area contributed by atoms with E-state index in [9.17, 15) is 0 Å². The average molecular weight is 409 g/mol. The molecule has 0 amide bonds. The van der Waals surface area contributed by atoms with E-state index in [1.807, 2.05) is 24.4 Å². The number of anilines is 1. The summed E-state index contributed by atoms with van der Waals surface area (Å²) in [5.74, 6) is 0. The fourth-order valence-electron chi connectivity index (χ4n) is 3.66. The molecule has 0 radical (unpaired) electrons. The third kappa shape index (κ3) is 4.03. The first kappa shape index (κ1) is 18.9. The average Bonchev–Trinajstić information content (AvgIpc) is 3.29. The minimum Gasteiger partial charge on any atom is -0.385 e. The van der Waals surface area contributed by atoms with E-state index in [-0.39, 0.29) is 12.1 Å². The number of hydrogen-bond donors (Lipinski definition) is 2. The minimum atomic E-state index is 0.0770. The first-order valence-electron chi connectivity index (χ1n) is 9.55. The highest BCUT2D eigenvalue weighted by molar-refractivity contribution is 7.80. The van der Waals surface area contributed by atoms with Crippen molar-refractivity contribution in [1.82, 2.24) is 15.2 Å². The number of aryl methyl sites for hydroxylation is 1. The Balaban J connectivity index is 1.50. The number of aromatic nitrogens is 1. The number of thiocarbonyl (C=S) groups is 1. The normalized spacial score (nSPS) is 18.9. The van der Waals surface area contributed by atoms with Gasteiger partial charge in [0.15, 0.2) is 5.11 Å².